The molecule has 0 saturated heterocycles. The molecule has 5 heteroatoms. The van der Waals surface area contributed by atoms with Crippen LogP contribution in [0.4, 0.5) is 0 Å². The van der Waals surface area contributed by atoms with Crippen molar-refractivity contribution in [2.75, 3.05) is 5.75 Å². The van der Waals surface area contributed by atoms with Gasteiger partial charge in [0.1, 0.15) is 11.4 Å². The van der Waals surface area contributed by atoms with Crippen LogP contribution in [0.15, 0.2) is 24.3 Å². The Morgan fingerprint density at radius 2 is 2.05 bits per heavy atom. The third-order valence-corrected chi connectivity index (χ3v) is 4.76. The van der Waals surface area contributed by atoms with Crippen LogP contribution in [-0.4, -0.2) is 19.8 Å². The average Bonchev–Trinajstić information content (AvgIpc) is 2.26. The predicted molar refractivity (Wildman–Crippen MR) is 75.7 cm³/mol. The lowest BCUT2D eigenvalue weighted by molar-refractivity contribution is 0.0702. The molecule has 0 radical (unpaired) electrons. The SMILES string of the molecule is CCCS(=O)(=O)NC1CC(C)(C)Oc2ccccc21. The van der Waals surface area contributed by atoms with Crippen LogP contribution in [0.3, 0.4) is 0 Å². The molecule has 0 saturated carbocycles. The standard InChI is InChI=1S/C14H21NO3S/c1-4-9-19(16,17)15-12-10-14(2,3)18-13-8-6-5-7-11(12)13/h5-8,12,15H,4,9-10H2,1-3H3. The first-order chi connectivity index (χ1) is 8.83. The fourth-order valence-electron chi connectivity index (χ4n) is 2.45. The van der Waals surface area contributed by atoms with E-state index in [0.717, 1.165) is 11.3 Å². The molecule has 1 aliphatic rings. The van der Waals surface area contributed by atoms with Gasteiger partial charge in [-0.3, -0.25) is 0 Å². The predicted octanol–water partition coefficient (Wildman–Crippen LogP) is 2.62. The van der Waals surface area contributed by atoms with E-state index in [9.17, 15) is 8.42 Å². The van der Waals surface area contributed by atoms with Crippen molar-refractivity contribution in [1.82, 2.24) is 4.72 Å². The van der Waals surface area contributed by atoms with E-state index in [1.165, 1.54) is 0 Å². The first-order valence-corrected chi connectivity index (χ1v) is 8.26. The third-order valence-electron chi connectivity index (χ3n) is 3.17. The molecule has 0 amide bonds. The molecule has 0 spiro atoms. The van der Waals surface area contributed by atoms with Crippen molar-refractivity contribution in [1.29, 1.82) is 0 Å². The third kappa shape index (κ3) is 3.48. The maximum absolute atomic E-state index is 12.0. The topological polar surface area (TPSA) is 55.4 Å². The first kappa shape index (κ1) is 14.3. The molecule has 0 aromatic heterocycles. The number of sulfonamides is 1. The van der Waals surface area contributed by atoms with Gasteiger partial charge in [-0.2, -0.15) is 0 Å². The molecular formula is C14H21NO3S. The molecule has 1 aromatic carbocycles. The minimum absolute atomic E-state index is 0.160. The maximum Gasteiger partial charge on any atom is 0.212 e. The number of nitrogens with one attached hydrogen (secondary N) is 1. The lowest BCUT2D eigenvalue weighted by atomic mass is 9.90. The summed E-state index contributed by atoms with van der Waals surface area (Å²) in [7, 11) is -3.23. The smallest absolute Gasteiger partial charge is 0.212 e. The summed E-state index contributed by atoms with van der Waals surface area (Å²) in [4.78, 5) is 0. The van der Waals surface area contributed by atoms with Crippen molar-refractivity contribution in [3.05, 3.63) is 29.8 Å². The zero-order chi connectivity index (χ0) is 14.1. The number of hydrogen-bond acceptors (Lipinski definition) is 3. The van der Waals surface area contributed by atoms with Gasteiger partial charge in [0.25, 0.3) is 0 Å². The second kappa shape index (κ2) is 5.13. The van der Waals surface area contributed by atoms with Gasteiger partial charge in [-0.05, 0) is 26.3 Å². The summed E-state index contributed by atoms with van der Waals surface area (Å²) in [5, 5.41) is 0. The van der Waals surface area contributed by atoms with Gasteiger partial charge in [0, 0.05) is 12.0 Å². The molecule has 4 nitrogen and oxygen atoms in total. The number of benzene rings is 1. The van der Waals surface area contributed by atoms with Gasteiger partial charge in [0.2, 0.25) is 10.0 Å². The first-order valence-electron chi connectivity index (χ1n) is 6.61. The van der Waals surface area contributed by atoms with Crippen LogP contribution in [0.25, 0.3) is 0 Å². The normalized spacial score (nSPS) is 21.5. The van der Waals surface area contributed by atoms with E-state index in [0.29, 0.717) is 12.8 Å². The Balaban J connectivity index is 2.30. The van der Waals surface area contributed by atoms with Gasteiger partial charge >= 0.3 is 0 Å². The fourth-order valence-corrected chi connectivity index (χ4v) is 3.75. The Morgan fingerprint density at radius 3 is 2.74 bits per heavy atom. The quantitative estimate of drug-likeness (QED) is 0.924. The highest BCUT2D eigenvalue weighted by Crippen LogP contribution is 2.39. The Kier molecular flexibility index (Phi) is 3.87. The fraction of sp³-hybridized carbons (Fsp3) is 0.571. The number of para-hydroxylation sites is 1. The van der Waals surface area contributed by atoms with E-state index in [1.807, 2.05) is 45.0 Å². The second-order valence-electron chi connectivity index (χ2n) is 5.59. The van der Waals surface area contributed by atoms with Crippen molar-refractivity contribution in [3.8, 4) is 5.75 Å². The van der Waals surface area contributed by atoms with Gasteiger partial charge in [-0.1, -0.05) is 25.1 Å². The Labute approximate surface area is 115 Å². The summed E-state index contributed by atoms with van der Waals surface area (Å²) in [5.41, 5.74) is 0.551. The van der Waals surface area contributed by atoms with Gasteiger partial charge < -0.3 is 4.74 Å². The average molecular weight is 283 g/mol. The molecule has 0 fully saturated rings. The highest BCUT2D eigenvalue weighted by Gasteiger charge is 2.35. The highest BCUT2D eigenvalue weighted by molar-refractivity contribution is 7.89. The van der Waals surface area contributed by atoms with E-state index in [1.54, 1.807) is 0 Å². The van der Waals surface area contributed by atoms with E-state index < -0.39 is 10.0 Å². The van der Waals surface area contributed by atoms with E-state index in [4.69, 9.17) is 4.74 Å². The Hall–Kier alpha value is -1.07. The van der Waals surface area contributed by atoms with Crippen molar-refractivity contribution < 1.29 is 13.2 Å². The molecule has 1 unspecified atom stereocenters. The lowest BCUT2D eigenvalue weighted by Crippen LogP contribution is -2.41. The molecular weight excluding hydrogens is 262 g/mol. The van der Waals surface area contributed by atoms with Gasteiger partial charge in [0.05, 0.1) is 11.8 Å². The number of fused-ring (bicyclic) bond motifs is 1. The van der Waals surface area contributed by atoms with Crippen LogP contribution in [0, 0.1) is 0 Å². The zero-order valence-corrected chi connectivity index (χ0v) is 12.5. The van der Waals surface area contributed by atoms with E-state index in [-0.39, 0.29) is 17.4 Å². The molecule has 1 aromatic rings. The summed E-state index contributed by atoms with van der Waals surface area (Å²) < 4.78 is 32.6. The van der Waals surface area contributed by atoms with Crippen molar-refractivity contribution in [2.24, 2.45) is 0 Å². The van der Waals surface area contributed by atoms with Gasteiger partial charge in [0.15, 0.2) is 0 Å². The molecule has 1 N–H and O–H groups in total. The van der Waals surface area contributed by atoms with Crippen LogP contribution in [0.5, 0.6) is 5.75 Å². The molecule has 1 aliphatic heterocycles. The second-order valence-corrected chi connectivity index (χ2v) is 7.47. The summed E-state index contributed by atoms with van der Waals surface area (Å²) in [6.07, 6.45) is 1.25. The largest absolute Gasteiger partial charge is 0.487 e. The van der Waals surface area contributed by atoms with Crippen LogP contribution >= 0.6 is 0 Å². The monoisotopic (exact) mass is 283 g/mol. The molecule has 2 rings (SSSR count). The Morgan fingerprint density at radius 1 is 1.37 bits per heavy atom. The number of hydrogen-bond donors (Lipinski definition) is 1. The summed E-state index contributed by atoms with van der Waals surface area (Å²) in [5.74, 6) is 0.926. The minimum Gasteiger partial charge on any atom is -0.487 e. The molecule has 0 bridgehead atoms. The summed E-state index contributed by atoms with van der Waals surface area (Å²) >= 11 is 0. The van der Waals surface area contributed by atoms with Crippen LogP contribution in [0.2, 0.25) is 0 Å². The van der Waals surface area contributed by atoms with E-state index in [2.05, 4.69) is 4.72 Å². The van der Waals surface area contributed by atoms with Crippen molar-refractivity contribution in [2.45, 2.75) is 45.3 Å². The molecule has 106 valence electrons. The zero-order valence-electron chi connectivity index (χ0n) is 11.6. The Bertz CT molecular complexity index is 552. The van der Waals surface area contributed by atoms with Gasteiger partial charge in [-0.25, -0.2) is 13.1 Å². The van der Waals surface area contributed by atoms with Crippen molar-refractivity contribution in [3.63, 3.8) is 0 Å². The number of rotatable bonds is 4. The van der Waals surface area contributed by atoms with Crippen LogP contribution < -0.4 is 9.46 Å². The molecule has 1 atom stereocenters. The van der Waals surface area contributed by atoms with E-state index >= 15 is 0 Å². The minimum atomic E-state index is -3.23. The van der Waals surface area contributed by atoms with Crippen LogP contribution in [0.1, 0.15) is 45.2 Å². The maximum atomic E-state index is 12.0. The molecule has 19 heavy (non-hydrogen) atoms. The summed E-state index contributed by atoms with van der Waals surface area (Å²) in [6, 6.07) is 7.40. The van der Waals surface area contributed by atoms with Gasteiger partial charge in [-0.15, -0.1) is 0 Å². The highest BCUT2D eigenvalue weighted by atomic mass is 32.2. The molecule has 1 heterocycles. The number of ether oxygens (including phenoxy) is 1. The molecule has 0 aliphatic carbocycles. The summed E-state index contributed by atoms with van der Waals surface area (Å²) in [6.45, 7) is 5.81. The van der Waals surface area contributed by atoms with Crippen molar-refractivity contribution >= 4 is 10.0 Å². The lowest BCUT2D eigenvalue weighted by Gasteiger charge is -2.37. The van der Waals surface area contributed by atoms with Crippen LogP contribution in [-0.2, 0) is 10.0 Å².